The number of carbonyl (C=O) groups is 2. The smallest absolute Gasteiger partial charge is 0.462 e. The van der Waals surface area contributed by atoms with Crippen LogP contribution < -0.4 is 0 Å². The molecule has 1 atom stereocenters. The monoisotopic (exact) mass is 578 g/mol. The van der Waals surface area contributed by atoms with Gasteiger partial charge in [-0.05, 0) is 12.8 Å². The average molecular weight is 579 g/mol. The van der Waals surface area contributed by atoms with Crippen molar-refractivity contribution in [1.82, 2.24) is 0 Å². The Labute approximate surface area is 238 Å². The molecule has 0 spiro atoms. The van der Waals surface area contributed by atoms with Crippen LogP contribution in [0.5, 0.6) is 0 Å². The van der Waals surface area contributed by atoms with Crippen LogP contribution in [0.3, 0.4) is 0 Å². The molecule has 0 radical (unpaired) electrons. The number of phosphoric acid groups is 1. The van der Waals surface area contributed by atoms with E-state index in [0.29, 0.717) is 6.42 Å². The van der Waals surface area contributed by atoms with Crippen LogP contribution in [0.4, 0.5) is 0 Å². The van der Waals surface area contributed by atoms with Crippen molar-refractivity contribution in [1.29, 1.82) is 0 Å². The third-order valence-corrected chi connectivity index (χ3v) is 7.36. The van der Waals surface area contributed by atoms with E-state index in [9.17, 15) is 14.2 Å². The van der Waals surface area contributed by atoms with E-state index in [1.54, 1.807) is 0 Å². The highest BCUT2D eigenvalue weighted by Gasteiger charge is 2.22. The summed E-state index contributed by atoms with van der Waals surface area (Å²) in [6.07, 6.45) is 24.6. The number of ether oxygens (including phenoxy) is 2. The Morgan fingerprint density at radius 3 is 1.33 bits per heavy atom. The van der Waals surface area contributed by atoms with Crippen molar-refractivity contribution in [2.24, 2.45) is 0 Å². The molecule has 2 N–H and O–H groups in total. The van der Waals surface area contributed by atoms with Gasteiger partial charge in [-0.1, -0.05) is 136 Å². The fourth-order valence-electron chi connectivity index (χ4n) is 4.49. The normalized spacial score (nSPS) is 12.4. The maximum atomic E-state index is 12.2. The van der Waals surface area contributed by atoms with Gasteiger partial charge in [-0.25, -0.2) is 4.57 Å². The van der Waals surface area contributed by atoms with Crippen molar-refractivity contribution in [3.8, 4) is 0 Å². The molecule has 39 heavy (non-hydrogen) atoms. The summed E-state index contributed by atoms with van der Waals surface area (Å²) in [5.41, 5.74) is 0. The lowest BCUT2D eigenvalue weighted by Gasteiger charge is -2.18. The highest BCUT2D eigenvalue weighted by atomic mass is 31.2. The Balaban J connectivity index is 3.83. The summed E-state index contributed by atoms with van der Waals surface area (Å²) >= 11 is 0. The molecule has 0 heterocycles. The molecule has 0 saturated heterocycles. The molecular weight excluding hydrogens is 519 g/mol. The summed E-state index contributed by atoms with van der Waals surface area (Å²) in [7, 11) is -4.72. The standard InChI is InChI=1S/C30H59O8P/c1-3-5-7-9-10-11-12-13-14-15-16-17-18-19-20-21-23-25-30(32)38-28(27-37-39(33,34)35)26-36-29(31)24-22-8-6-4-2/h28H,3-27H2,1-2H3,(H2,33,34,35). The molecule has 0 aliphatic carbocycles. The van der Waals surface area contributed by atoms with E-state index in [1.807, 2.05) is 0 Å². The molecule has 0 aliphatic heterocycles. The highest BCUT2D eigenvalue weighted by molar-refractivity contribution is 7.46. The van der Waals surface area contributed by atoms with Gasteiger partial charge in [0.25, 0.3) is 0 Å². The maximum absolute atomic E-state index is 12.2. The Kier molecular flexibility index (Phi) is 26.6. The van der Waals surface area contributed by atoms with Gasteiger partial charge in [-0.2, -0.15) is 0 Å². The number of unbranched alkanes of at least 4 members (excludes halogenated alkanes) is 19. The molecule has 232 valence electrons. The summed E-state index contributed by atoms with van der Waals surface area (Å²) in [6.45, 7) is 3.53. The predicted octanol–water partition coefficient (Wildman–Crippen LogP) is 8.56. The van der Waals surface area contributed by atoms with Gasteiger partial charge in [-0.15, -0.1) is 0 Å². The van der Waals surface area contributed by atoms with Crippen LogP contribution in [0.1, 0.15) is 162 Å². The van der Waals surface area contributed by atoms with Gasteiger partial charge < -0.3 is 19.3 Å². The topological polar surface area (TPSA) is 119 Å². The number of hydrogen-bond donors (Lipinski definition) is 2. The van der Waals surface area contributed by atoms with Gasteiger partial charge in [0.2, 0.25) is 0 Å². The molecule has 0 fully saturated rings. The Morgan fingerprint density at radius 1 is 0.564 bits per heavy atom. The van der Waals surface area contributed by atoms with Gasteiger partial charge >= 0.3 is 19.8 Å². The van der Waals surface area contributed by atoms with Crippen molar-refractivity contribution in [3.05, 3.63) is 0 Å². The van der Waals surface area contributed by atoms with Crippen LogP contribution >= 0.6 is 7.82 Å². The van der Waals surface area contributed by atoms with E-state index in [2.05, 4.69) is 18.4 Å². The van der Waals surface area contributed by atoms with E-state index in [4.69, 9.17) is 19.3 Å². The first-order valence-electron chi connectivity index (χ1n) is 15.8. The van der Waals surface area contributed by atoms with E-state index in [-0.39, 0.29) is 19.4 Å². The highest BCUT2D eigenvalue weighted by Crippen LogP contribution is 2.35. The van der Waals surface area contributed by atoms with Crippen LogP contribution in [0.2, 0.25) is 0 Å². The molecule has 0 amide bonds. The molecule has 0 saturated carbocycles. The molecule has 0 rings (SSSR count). The summed E-state index contributed by atoms with van der Waals surface area (Å²) in [5.74, 6) is -0.897. The van der Waals surface area contributed by atoms with E-state index in [1.165, 1.54) is 89.9 Å². The lowest BCUT2D eigenvalue weighted by atomic mass is 10.0. The quantitative estimate of drug-likeness (QED) is 0.0514. The molecule has 1 unspecified atom stereocenters. The van der Waals surface area contributed by atoms with Crippen molar-refractivity contribution in [2.45, 2.75) is 168 Å². The Morgan fingerprint density at radius 2 is 0.923 bits per heavy atom. The van der Waals surface area contributed by atoms with Gasteiger partial charge in [0.1, 0.15) is 6.61 Å². The SMILES string of the molecule is CCCCCCCCCCCCCCCCCCCC(=O)OC(COC(=O)CCCCCC)COP(=O)(O)O. The molecule has 0 aromatic rings. The first kappa shape index (κ1) is 38.0. The van der Waals surface area contributed by atoms with Gasteiger partial charge in [0, 0.05) is 12.8 Å². The van der Waals surface area contributed by atoms with E-state index < -0.39 is 32.5 Å². The Bertz CT molecular complexity index is 622. The molecule has 0 aromatic heterocycles. The van der Waals surface area contributed by atoms with Crippen molar-refractivity contribution in [2.75, 3.05) is 13.2 Å². The summed E-state index contributed by atoms with van der Waals surface area (Å²) in [6, 6.07) is 0. The summed E-state index contributed by atoms with van der Waals surface area (Å²) in [4.78, 5) is 42.0. The van der Waals surface area contributed by atoms with E-state index in [0.717, 1.165) is 38.5 Å². The lowest BCUT2D eigenvalue weighted by molar-refractivity contribution is -0.161. The zero-order valence-electron chi connectivity index (χ0n) is 25.0. The first-order chi connectivity index (χ1) is 18.8. The van der Waals surface area contributed by atoms with Crippen LogP contribution in [-0.2, 0) is 28.2 Å². The van der Waals surface area contributed by atoms with E-state index >= 15 is 0 Å². The second-order valence-electron chi connectivity index (χ2n) is 10.8. The van der Waals surface area contributed by atoms with Crippen LogP contribution in [-0.4, -0.2) is 41.0 Å². The van der Waals surface area contributed by atoms with Crippen LogP contribution in [0, 0.1) is 0 Å². The van der Waals surface area contributed by atoms with Gasteiger partial charge in [-0.3, -0.25) is 14.1 Å². The van der Waals surface area contributed by atoms with Gasteiger partial charge in [0.05, 0.1) is 6.61 Å². The number of phosphoric ester groups is 1. The fourth-order valence-corrected chi connectivity index (χ4v) is 4.85. The minimum atomic E-state index is -4.72. The second kappa shape index (κ2) is 27.2. The summed E-state index contributed by atoms with van der Waals surface area (Å²) < 4.78 is 25.9. The Hall–Kier alpha value is -0.950. The van der Waals surface area contributed by atoms with Crippen LogP contribution in [0.25, 0.3) is 0 Å². The zero-order valence-corrected chi connectivity index (χ0v) is 25.9. The third kappa shape index (κ3) is 29.8. The van der Waals surface area contributed by atoms with Gasteiger partial charge in [0.15, 0.2) is 6.10 Å². The molecule has 9 heteroatoms. The minimum Gasteiger partial charge on any atom is -0.462 e. The summed E-state index contributed by atoms with van der Waals surface area (Å²) in [5, 5.41) is 0. The van der Waals surface area contributed by atoms with Crippen molar-refractivity contribution in [3.63, 3.8) is 0 Å². The second-order valence-corrected chi connectivity index (χ2v) is 12.0. The van der Waals surface area contributed by atoms with Crippen molar-refractivity contribution < 1.29 is 37.9 Å². The number of rotatable bonds is 29. The largest absolute Gasteiger partial charge is 0.469 e. The third-order valence-electron chi connectivity index (χ3n) is 6.88. The minimum absolute atomic E-state index is 0.218. The fraction of sp³-hybridized carbons (Fsp3) is 0.933. The average Bonchev–Trinajstić information content (AvgIpc) is 2.89. The number of hydrogen-bond acceptors (Lipinski definition) is 6. The van der Waals surface area contributed by atoms with Crippen molar-refractivity contribution >= 4 is 19.8 Å². The lowest BCUT2D eigenvalue weighted by Crippen LogP contribution is -2.29. The molecule has 0 aromatic carbocycles. The number of esters is 2. The maximum Gasteiger partial charge on any atom is 0.469 e. The molecular formula is C30H59O8P. The van der Waals surface area contributed by atoms with Crippen LogP contribution in [0.15, 0.2) is 0 Å². The molecule has 0 bridgehead atoms. The molecule has 0 aliphatic rings. The zero-order chi connectivity index (χ0) is 29.0. The number of carbonyl (C=O) groups excluding carboxylic acids is 2. The molecule has 8 nitrogen and oxygen atoms in total. The predicted molar refractivity (Wildman–Crippen MR) is 156 cm³/mol. The first-order valence-corrected chi connectivity index (χ1v) is 17.4.